The summed E-state index contributed by atoms with van der Waals surface area (Å²) in [7, 11) is 0. The lowest BCUT2D eigenvalue weighted by Gasteiger charge is -2.03. The number of carbonyl (C=O) groups is 1. The molecule has 0 spiro atoms. The van der Waals surface area contributed by atoms with Crippen LogP contribution in [0.25, 0.3) is 0 Å². The molecule has 0 saturated carbocycles. The summed E-state index contributed by atoms with van der Waals surface area (Å²) in [5.74, 6) is 1.56. The Morgan fingerprint density at radius 3 is 2.96 bits per heavy atom. The molecule has 8 heteroatoms. The smallest absolute Gasteiger partial charge is 0.308 e. The molecule has 3 rings (SSSR count). The summed E-state index contributed by atoms with van der Waals surface area (Å²) in [5, 5.41) is 6.74. The van der Waals surface area contributed by atoms with E-state index in [9.17, 15) is 9.59 Å². The summed E-state index contributed by atoms with van der Waals surface area (Å²) in [6, 6.07) is 0. The van der Waals surface area contributed by atoms with Gasteiger partial charge in [0, 0.05) is 29.0 Å². The molecule has 1 aliphatic heterocycles. The molecule has 1 amide bonds. The van der Waals surface area contributed by atoms with Gasteiger partial charge in [-0.05, 0) is 20.3 Å². The summed E-state index contributed by atoms with van der Waals surface area (Å²) in [4.78, 5) is 25.7. The largest absolute Gasteiger partial charge is 0.361 e. The van der Waals surface area contributed by atoms with E-state index in [4.69, 9.17) is 4.52 Å². The second-order valence-electron chi connectivity index (χ2n) is 5.28. The first kappa shape index (κ1) is 16.1. The highest BCUT2D eigenvalue weighted by molar-refractivity contribution is 8.03. The molecular formula is C15H17N3O3S2. The van der Waals surface area contributed by atoms with Gasteiger partial charge in [0.2, 0.25) is 0 Å². The van der Waals surface area contributed by atoms with Gasteiger partial charge in [-0.3, -0.25) is 9.59 Å². The molecule has 0 aliphatic carbocycles. The van der Waals surface area contributed by atoms with E-state index in [1.807, 2.05) is 13.8 Å². The molecule has 0 fully saturated rings. The first-order valence-electron chi connectivity index (χ1n) is 7.26. The highest BCUT2D eigenvalue weighted by atomic mass is 32.2. The van der Waals surface area contributed by atoms with E-state index in [0.29, 0.717) is 23.7 Å². The number of thioether (sulfide) groups is 1. The van der Waals surface area contributed by atoms with E-state index in [1.165, 1.54) is 9.47 Å². The van der Waals surface area contributed by atoms with Crippen LogP contribution in [-0.2, 0) is 6.54 Å². The maximum atomic E-state index is 12.2. The lowest BCUT2D eigenvalue weighted by molar-refractivity contribution is 0.0961. The van der Waals surface area contributed by atoms with Gasteiger partial charge >= 0.3 is 4.87 Å². The van der Waals surface area contributed by atoms with Crippen LogP contribution in [0.3, 0.4) is 0 Å². The zero-order chi connectivity index (χ0) is 16.4. The number of hydrogen-bond donors (Lipinski definition) is 1. The van der Waals surface area contributed by atoms with Crippen LogP contribution in [0.5, 0.6) is 0 Å². The van der Waals surface area contributed by atoms with Crippen molar-refractivity contribution in [2.45, 2.75) is 26.8 Å². The SMILES string of the molecule is Cc1noc(C)c1Cn1cc(C(=O)NCC2=CCCS2)sc1=O. The van der Waals surface area contributed by atoms with Crippen molar-refractivity contribution in [1.29, 1.82) is 0 Å². The van der Waals surface area contributed by atoms with Crippen molar-refractivity contribution in [3.05, 3.63) is 48.7 Å². The summed E-state index contributed by atoms with van der Waals surface area (Å²) >= 11 is 2.72. The Morgan fingerprint density at radius 1 is 1.48 bits per heavy atom. The molecule has 23 heavy (non-hydrogen) atoms. The number of rotatable bonds is 5. The highest BCUT2D eigenvalue weighted by Gasteiger charge is 2.16. The lowest BCUT2D eigenvalue weighted by Crippen LogP contribution is -2.24. The van der Waals surface area contributed by atoms with Gasteiger partial charge in [-0.25, -0.2) is 0 Å². The number of carbonyl (C=O) groups excluding carboxylic acids is 1. The van der Waals surface area contributed by atoms with Gasteiger partial charge in [0.1, 0.15) is 10.6 Å². The fourth-order valence-electron chi connectivity index (χ4n) is 2.33. The molecule has 0 aromatic carbocycles. The molecule has 1 N–H and O–H groups in total. The van der Waals surface area contributed by atoms with Gasteiger partial charge in [-0.15, -0.1) is 11.8 Å². The number of amides is 1. The van der Waals surface area contributed by atoms with Crippen LogP contribution < -0.4 is 10.2 Å². The summed E-state index contributed by atoms with van der Waals surface area (Å²) < 4.78 is 6.63. The molecule has 6 nitrogen and oxygen atoms in total. The molecule has 0 bridgehead atoms. The van der Waals surface area contributed by atoms with Gasteiger partial charge in [0.15, 0.2) is 0 Å². The molecule has 0 radical (unpaired) electrons. The topological polar surface area (TPSA) is 77.1 Å². The van der Waals surface area contributed by atoms with Gasteiger partial charge in [-0.1, -0.05) is 22.6 Å². The number of allylic oxidation sites excluding steroid dienone is 1. The standard InChI is InChI=1S/C15H17N3O3S2/c1-9-12(10(2)21-17-9)7-18-8-13(23-15(18)20)14(19)16-6-11-4-3-5-22-11/h4,8H,3,5-7H2,1-2H3,(H,16,19). The minimum absolute atomic E-state index is 0.162. The average Bonchev–Trinajstić information content (AvgIpc) is 3.23. The Labute approximate surface area is 141 Å². The molecule has 2 aromatic heterocycles. The fourth-order valence-corrected chi connectivity index (χ4v) is 4.01. The highest BCUT2D eigenvalue weighted by Crippen LogP contribution is 2.23. The predicted octanol–water partition coefficient (Wildman–Crippen LogP) is 2.31. The fraction of sp³-hybridized carbons (Fsp3) is 0.400. The van der Waals surface area contributed by atoms with Crippen LogP contribution in [0.15, 0.2) is 26.5 Å². The zero-order valence-corrected chi connectivity index (χ0v) is 14.6. The number of aromatic nitrogens is 2. The maximum Gasteiger partial charge on any atom is 0.308 e. The van der Waals surface area contributed by atoms with Crippen molar-refractivity contribution in [1.82, 2.24) is 15.0 Å². The van der Waals surface area contributed by atoms with E-state index in [0.717, 1.165) is 34.8 Å². The zero-order valence-electron chi connectivity index (χ0n) is 12.9. The monoisotopic (exact) mass is 351 g/mol. The number of nitrogens with one attached hydrogen (secondary N) is 1. The molecule has 3 heterocycles. The van der Waals surface area contributed by atoms with Gasteiger partial charge < -0.3 is 14.4 Å². The molecule has 0 atom stereocenters. The van der Waals surface area contributed by atoms with Crippen LogP contribution >= 0.6 is 23.1 Å². The van der Waals surface area contributed by atoms with Crippen molar-refractivity contribution < 1.29 is 9.32 Å². The van der Waals surface area contributed by atoms with E-state index in [-0.39, 0.29) is 10.8 Å². The third-order valence-electron chi connectivity index (χ3n) is 3.64. The van der Waals surface area contributed by atoms with Crippen LogP contribution in [0.2, 0.25) is 0 Å². The van der Waals surface area contributed by atoms with E-state index in [1.54, 1.807) is 18.0 Å². The normalized spacial score (nSPS) is 14.1. The van der Waals surface area contributed by atoms with Crippen molar-refractivity contribution in [2.75, 3.05) is 12.3 Å². The molecule has 2 aromatic rings. The van der Waals surface area contributed by atoms with E-state index >= 15 is 0 Å². The minimum Gasteiger partial charge on any atom is -0.361 e. The Balaban J connectivity index is 1.70. The van der Waals surface area contributed by atoms with Crippen LogP contribution in [0.1, 0.15) is 33.1 Å². The summed E-state index contributed by atoms with van der Waals surface area (Å²) in [6.45, 7) is 4.54. The van der Waals surface area contributed by atoms with E-state index < -0.39 is 0 Å². The van der Waals surface area contributed by atoms with Crippen molar-refractivity contribution >= 4 is 29.0 Å². The van der Waals surface area contributed by atoms with Crippen molar-refractivity contribution in [3.63, 3.8) is 0 Å². The van der Waals surface area contributed by atoms with Gasteiger partial charge in [0.05, 0.1) is 12.2 Å². The van der Waals surface area contributed by atoms with Crippen LogP contribution in [-0.4, -0.2) is 27.9 Å². The van der Waals surface area contributed by atoms with Crippen LogP contribution in [0, 0.1) is 13.8 Å². The molecule has 0 unspecified atom stereocenters. The van der Waals surface area contributed by atoms with Gasteiger partial charge in [-0.2, -0.15) is 0 Å². The average molecular weight is 351 g/mol. The number of nitrogens with zero attached hydrogens (tertiary/aromatic N) is 2. The maximum absolute atomic E-state index is 12.2. The lowest BCUT2D eigenvalue weighted by atomic mass is 10.2. The predicted molar refractivity (Wildman–Crippen MR) is 91.1 cm³/mol. The van der Waals surface area contributed by atoms with E-state index in [2.05, 4.69) is 16.5 Å². The Hall–Kier alpha value is -1.80. The summed E-state index contributed by atoms with van der Waals surface area (Å²) in [5.41, 5.74) is 1.64. The molecule has 0 saturated heterocycles. The number of hydrogen-bond acceptors (Lipinski definition) is 6. The molecule has 122 valence electrons. The summed E-state index contributed by atoms with van der Waals surface area (Å²) in [6.07, 6.45) is 4.79. The first-order chi connectivity index (χ1) is 11.0. The van der Waals surface area contributed by atoms with Crippen molar-refractivity contribution in [2.24, 2.45) is 0 Å². The molecule has 1 aliphatic rings. The second-order valence-corrected chi connectivity index (χ2v) is 7.50. The van der Waals surface area contributed by atoms with Crippen molar-refractivity contribution in [3.8, 4) is 0 Å². The number of aryl methyl sites for hydroxylation is 2. The third-order valence-corrected chi connectivity index (χ3v) is 5.68. The third kappa shape index (κ3) is 3.59. The minimum atomic E-state index is -0.210. The van der Waals surface area contributed by atoms with Crippen LogP contribution in [0.4, 0.5) is 0 Å². The second kappa shape index (κ2) is 6.76. The Morgan fingerprint density at radius 2 is 2.30 bits per heavy atom. The molecular weight excluding hydrogens is 334 g/mol. The Bertz CT molecular complexity index is 797. The first-order valence-corrected chi connectivity index (χ1v) is 9.07. The number of thiazole rings is 1. The quantitative estimate of drug-likeness (QED) is 0.894. The Kier molecular flexibility index (Phi) is 4.72. The van der Waals surface area contributed by atoms with Gasteiger partial charge in [0.25, 0.3) is 5.91 Å².